The SMILES string of the molecule is CN(C(=O)c1ccc(O)cc1)c1ccccc1C(N)=S. The average Bonchev–Trinajstić information content (AvgIpc) is 2.46. The Bertz CT molecular complexity index is 653. The van der Waals surface area contributed by atoms with Crippen molar-refractivity contribution in [1.29, 1.82) is 0 Å². The van der Waals surface area contributed by atoms with E-state index in [1.165, 1.54) is 17.0 Å². The fourth-order valence-electron chi connectivity index (χ4n) is 1.88. The lowest BCUT2D eigenvalue weighted by Crippen LogP contribution is -2.28. The summed E-state index contributed by atoms with van der Waals surface area (Å²) in [6, 6.07) is 13.3. The number of aromatic hydroxyl groups is 1. The molecule has 2 aromatic carbocycles. The van der Waals surface area contributed by atoms with Crippen LogP contribution in [-0.4, -0.2) is 23.0 Å². The zero-order valence-electron chi connectivity index (χ0n) is 10.9. The minimum Gasteiger partial charge on any atom is -0.508 e. The number of amides is 1. The molecular formula is C15H14N2O2S. The van der Waals surface area contributed by atoms with Gasteiger partial charge in [-0.05, 0) is 36.4 Å². The van der Waals surface area contributed by atoms with Gasteiger partial charge < -0.3 is 15.7 Å². The van der Waals surface area contributed by atoms with Crippen molar-refractivity contribution in [3.05, 3.63) is 59.7 Å². The molecule has 0 aliphatic rings. The van der Waals surface area contributed by atoms with Gasteiger partial charge in [0.05, 0.1) is 5.69 Å². The van der Waals surface area contributed by atoms with Gasteiger partial charge in [-0.3, -0.25) is 4.79 Å². The van der Waals surface area contributed by atoms with Crippen LogP contribution >= 0.6 is 12.2 Å². The minimum absolute atomic E-state index is 0.118. The third-order valence-electron chi connectivity index (χ3n) is 2.95. The minimum atomic E-state index is -0.200. The van der Waals surface area contributed by atoms with Gasteiger partial charge in [0.1, 0.15) is 10.7 Å². The van der Waals surface area contributed by atoms with Crippen LogP contribution in [0.2, 0.25) is 0 Å². The first-order chi connectivity index (χ1) is 9.50. The Hall–Kier alpha value is -2.40. The van der Waals surface area contributed by atoms with Crippen LogP contribution in [-0.2, 0) is 0 Å². The predicted molar refractivity (Wildman–Crippen MR) is 83.2 cm³/mol. The quantitative estimate of drug-likeness (QED) is 0.850. The summed E-state index contributed by atoms with van der Waals surface area (Å²) in [5.41, 5.74) is 7.45. The van der Waals surface area contributed by atoms with Crippen molar-refractivity contribution in [2.75, 3.05) is 11.9 Å². The van der Waals surface area contributed by atoms with Crippen LogP contribution in [0.15, 0.2) is 48.5 Å². The maximum Gasteiger partial charge on any atom is 0.258 e. The molecule has 0 heterocycles. The van der Waals surface area contributed by atoms with Gasteiger partial charge in [-0.2, -0.15) is 0 Å². The summed E-state index contributed by atoms with van der Waals surface area (Å²) in [6.45, 7) is 0. The van der Waals surface area contributed by atoms with Gasteiger partial charge in [0, 0.05) is 18.2 Å². The molecule has 0 atom stereocenters. The summed E-state index contributed by atoms with van der Waals surface area (Å²) >= 11 is 5.00. The van der Waals surface area contributed by atoms with E-state index in [0.29, 0.717) is 16.8 Å². The Morgan fingerprint density at radius 1 is 1.15 bits per heavy atom. The van der Waals surface area contributed by atoms with E-state index in [1.54, 1.807) is 31.3 Å². The molecule has 0 fully saturated rings. The Balaban J connectivity index is 2.36. The number of thiocarbonyl (C=S) groups is 1. The Morgan fingerprint density at radius 2 is 1.75 bits per heavy atom. The number of nitrogens with two attached hydrogens (primary N) is 1. The highest BCUT2D eigenvalue weighted by Crippen LogP contribution is 2.21. The summed E-state index contributed by atoms with van der Waals surface area (Å²) in [7, 11) is 1.66. The molecule has 20 heavy (non-hydrogen) atoms. The number of hydrogen-bond donors (Lipinski definition) is 2. The van der Waals surface area contributed by atoms with E-state index in [-0.39, 0.29) is 16.6 Å². The van der Waals surface area contributed by atoms with Crippen molar-refractivity contribution in [1.82, 2.24) is 0 Å². The molecule has 0 saturated heterocycles. The Kier molecular flexibility index (Phi) is 4.00. The molecular weight excluding hydrogens is 272 g/mol. The van der Waals surface area contributed by atoms with Crippen LogP contribution < -0.4 is 10.6 Å². The fraction of sp³-hybridized carbons (Fsp3) is 0.0667. The summed E-state index contributed by atoms with van der Waals surface area (Å²) in [6.07, 6.45) is 0. The molecule has 0 saturated carbocycles. The first kappa shape index (κ1) is 14.0. The second kappa shape index (κ2) is 5.71. The van der Waals surface area contributed by atoms with Gasteiger partial charge >= 0.3 is 0 Å². The molecule has 4 nitrogen and oxygen atoms in total. The zero-order valence-corrected chi connectivity index (χ0v) is 11.7. The number of rotatable bonds is 3. The molecule has 0 bridgehead atoms. The molecule has 0 spiro atoms. The number of anilines is 1. The highest BCUT2D eigenvalue weighted by Gasteiger charge is 2.16. The van der Waals surface area contributed by atoms with Crippen molar-refractivity contribution >= 4 is 28.8 Å². The molecule has 0 aromatic heterocycles. The highest BCUT2D eigenvalue weighted by molar-refractivity contribution is 7.80. The summed E-state index contributed by atoms with van der Waals surface area (Å²) in [4.78, 5) is 14.1. The van der Waals surface area contributed by atoms with E-state index in [1.807, 2.05) is 12.1 Å². The van der Waals surface area contributed by atoms with Gasteiger partial charge in [-0.15, -0.1) is 0 Å². The topological polar surface area (TPSA) is 66.6 Å². The predicted octanol–water partition coefficient (Wildman–Crippen LogP) is 2.30. The number of hydrogen-bond acceptors (Lipinski definition) is 3. The second-order valence-electron chi connectivity index (χ2n) is 4.29. The van der Waals surface area contributed by atoms with Gasteiger partial charge in [-0.1, -0.05) is 24.4 Å². The third kappa shape index (κ3) is 2.78. The lowest BCUT2D eigenvalue weighted by molar-refractivity contribution is 0.0993. The van der Waals surface area contributed by atoms with Crippen LogP contribution in [0.1, 0.15) is 15.9 Å². The zero-order chi connectivity index (χ0) is 14.7. The summed E-state index contributed by atoms with van der Waals surface area (Å²) < 4.78 is 0. The molecule has 102 valence electrons. The smallest absolute Gasteiger partial charge is 0.258 e. The van der Waals surface area contributed by atoms with Gasteiger partial charge in [0.15, 0.2) is 0 Å². The second-order valence-corrected chi connectivity index (χ2v) is 4.73. The molecule has 0 aliphatic carbocycles. The third-order valence-corrected chi connectivity index (χ3v) is 3.17. The fourth-order valence-corrected chi connectivity index (χ4v) is 2.05. The van der Waals surface area contributed by atoms with Crippen molar-refractivity contribution in [3.63, 3.8) is 0 Å². The number of carbonyl (C=O) groups excluding carboxylic acids is 1. The van der Waals surface area contributed by atoms with E-state index in [2.05, 4.69) is 0 Å². The molecule has 0 radical (unpaired) electrons. The van der Waals surface area contributed by atoms with E-state index < -0.39 is 0 Å². The van der Waals surface area contributed by atoms with Crippen LogP contribution in [0.4, 0.5) is 5.69 Å². The molecule has 2 aromatic rings. The van der Waals surface area contributed by atoms with Crippen molar-refractivity contribution < 1.29 is 9.90 Å². The van der Waals surface area contributed by atoms with E-state index >= 15 is 0 Å². The Morgan fingerprint density at radius 3 is 2.35 bits per heavy atom. The van der Waals surface area contributed by atoms with Crippen LogP contribution in [0, 0.1) is 0 Å². The molecule has 3 N–H and O–H groups in total. The average molecular weight is 286 g/mol. The van der Waals surface area contributed by atoms with Crippen LogP contribution in [0.25, 0.3) is 0 Å². The number of para-hydroxylation sites is 1. The number of nitrogens with zero attached hydrogens (tertiary/aromatic N) is 1. The lowest BCUT2D eigenvalue weighted by Gasteiger charge is -2.20. The summed E-state index contributed by atoms with van der Waals surface area (Å²) in [5.74, 6) is -0.0820. The maximum absolute atomic E-state index is 12.4. The van der Waals surface area contributed by atoms with E-state index in [0.717, 1.165) is 0 Å². The van der Waals surface area contributed by atoms with Crippen molar-refractivity contribution in [2.24, 2.45) is 5.73 Å². The standard InChI is InChI=1S/C15H14N2O2S/c1-17(13-5-3-2-4-12(13)14(16)20)15(19)10-6-8-11(18)9-7-10/h2-9,18H,1H3,(H2,16,20). The van der Waals surface area contributed by atoms with Gasteiger partial charge in [0.25, 0.3) is 5.91 Å². The largest absolute Gasteiger partial charge is 0.508 e. The molecule has 2 rings (SSSR count). The summed E-state index contributed by atoms with van der Waals surface area (Å²) in [5, 5.41) is 9.25. The lowest BCUT2D eigenvalue weighted by atomic mass is 10.1. The first-order valence-electron chi connectivity index (χ1n) is 5.96. The molecule has 0 unspecified atom stereocenters. The van der Waals surface area contributed by atoms with Crippen molar-refractivity contribution in [2.45, 2.75) is 0 Å². The molecule has 5 heteroatoms. The van der Waals surface area contributed by atoms with E-state index in [4.69, 9.17) is 18.0 Å². The van der Waals surface area contributed by atoms with E-state index in [9.17, 15) is 9.90 Å². The monoisotopic (exact) mass is 286 g/mol. The van der Waals surface area contributed by atoms with Gasteiger partial charge in [-0.25, -0.2) is 0 Å². The number of benzene rings is 2. The Labute approximate surface area is 122 Å². The molecule has 1 amide bonds. The van der Waals surface area contributed by atoms with Crippen LogP contribution in [0.3, 0.4) is 0 Å². The first-order valence-corrected chi connectivity index (χ1v) is 6.37. The number of carbonyl (C=O) groups is 1. The van der Waals surface area contributed by atoms with Gasteiger partial charge in [0.2, 0.25) is 0 Å². The number of phenolic OH excluding ortho intramolecular Hbond substituents is 1. The normalized spacial score (nSPS) is 10.1. The van der Waals surface area contributed by atoms with Crippen LogP contribution in [0.5, 0.6) is 5.75 Å². The van der Waals surface area contributed by atoms with Crippen molar-refractivity contribution in [3.8, 4) is 5.75 Å². The number of phenols is 1. The highest BCUT2D eigenvalue weighted by atomic mass is 32.1. The maximum atomic E-state index is 12.4. The molecule has 0 aliphatic heterocycles.